The van der Waals surface area contributed by atoms with Gasteiger partial charge in [0.15, 0.2) is 9.84 Å². The molecule has 0 spiro atoms. The van der Waals surface area contributed by atoms with Gasteiger partial charge in [-0.15, -0.1) is 0 Å². The van der Waals surface area contributed by atoms with Gasteiger partial charge in [0.05, 0.1) is 11.8 Å². The lowest BCUT2D eigenvalue weighted by atomic mass is 10.1. The fourth-order valence-corrected chi connectivity index (χ4v) is 4.62. The Morgan fingerprint density at radius 2 is 1.79 bits per heavy atom. The third-order valence-corrected chi connectivity index (χ3v) is 6.44. The quantitative estimate of drug-likeness (QED) is 0.780. The van der Waals surface area contributed by atoms with Crippen LogP contribution in [0, 0.1) is 5.82 Å². The van der Waals surface area contributed by atoms with E-state index in [4.69, 9.17) is 4.74 Å². The Bertz CT molecular complexity index is 1000. The molecule has 29 heavy (non-hydrogen) atoms. The van der Waals surface area contributed by atoms with Crippen molar-refractivity contribution in [3.63, 3.8) is 0 Å². The summed E-state index contributed by atoms with van der Waals surface area (Å²) in [6.45, 7) is 0.128. The smallest absolute Gasteiger partial charge is 0.287 e. The van der Waals surface area contributed by atoms with Gasteiger partial charge in [-0.05, 0) is 37.4 Å². The number of ether oxygens (including phenoxy) is 1. The standard InChI is InChI=1S/C21H23FN2O4S/c1-24(2)18(15-8-10-17(22)11-9-15)14-23-21(25)19-20(16-6-4-3-5-7-16)29(26,27)13-12-28-19/h3-11,18H,12-14H2,1-2H3,(H,23,25)/t18-/m0/s1. The Hall–Kier alpha value is -2.71. The number of benzene rings is 2. The molecule has 0 radical (unpaired) electrons. The van der Waals surface area contributed by atoms with Crippen LogP contribution in [-0.4, -0.2) is 52.2 Å². The van der Waals surface area contributed by atoms with Crippen LogP contribution in [0.4, 0.5) is 4.39 Å². The van der Waals surface area contributed by atoms with Crippen LogP contribution in [0.2, 0.25) is 0 Å². The van der Waals surface area contributed by atoms with E-state index >= 15 is 0 Å². The molecule has 0 aliphatic carbocycles. The van der Waals surface area contributed by atoms with Crippen molar-refractivity contribution in [1.82, 2.24) is 10.2 Å². The van der Waals surface area contributed by atoms with Gasteiger partial charge in [-0.3, -0.25) is 4.79 Å². The van der Waals surface area contributed by atoms with Gasteiger partial charge in [0, 0.05) is 6.54 Å². The molecule has 0 saturated heterocycles. The maximum absolute atomic E-state index is 13.2. The van der Waals surface area contributed by atoms with E-state index in [2.05, 4.69) is 5.32 Å². The molecule has 154 valence electrons. The van der Waals surface area contributed by atoms with E-state index < -0.39 is 15.7 Å². The Morgan fingerprint density at radius 1 is 1.14 bits per heavy atom. The summed E-state index contributed by atoms with van der Waals surface area (Å²) in [4.78, 5) is 14.6. The normalized spacial score (nSPS) is 17.0. The first-order valence-corrected chi connectivity index (χ1v) is 10.8. The van der Waals surface area contributed by atoms with Gasteiger partial charge in [0.25, 0.3) is 5.91 Å². The molecular weight excluding hydrogens is 395 g/mol. The molecule has 0 bridgehead atoms. The van der Waals surface area contributed by atoms with E-state index in [-0.39, 0.29) is 41.4 Å². The molecule has 2 aromatic rings. The Morgan fingerprint density at radius 3 is 2.41 bits per heavy atom. The van der Waals surface area contributed by atoms with Gasteiger partial charge >= 0.3 is 0 Å². The van der Waals surface area contributed by atoms with Crippen molar-refractivity contribution in [1.29, 1.82) is 0 Å². The molecule has 1 aliphatic rings. The van der Waals surface area contributed by atoms with Crippen molar-refractivity contribution in [3.05, 3.63) is 77.3 Å². The van der Waals surface area contributed by atoms with Crippen molar-refractivity contribution < 1.29 is 22.3 Å². The van der Waals surface area contributed by atoms with Gasteiger partial charge < -0.3 is 15.0 Å². The summed E-state index contributed by atoms with van der Waals surface area (Å²) in [5, 5.41) is 2.76. The summed E-state index contributed by atoms with van der Waals surface area (Å²) >= 11 is 0. The van der Waals surface area contributed by atoms with Gasteiger partial charge in [0.2, 0.25) is 5.76 Å². The van der Waals surface area contributed by atoms with Crippen molar-refractivity contribution in [2.24, 2.45) is 0 Å². The zero-order valence-corrected chi connectivity index (χ0v) is 17.1. The maximum Gasteiger partial charge on any atom is 0.287 e. The molecule has 6 nitrogen and oxygen atoms in total. The lowest BCUT2D eigenvalue weighted by Crippen LogP contribution is -2.37. The topological polar surface area (TPSA) is 75.7 Å². The number of rotatable bonds is 6. The average Bonchev–Trinajstić information content (AvgIpc) is 2.69. The zero-order valence-electron chi connectivity index (χ0n) is 16.3. The number of halogens is 1. The molecule has 0 saturated carbocycles. The van der Waals surface area contributed by atoms with E-state index in [1.807, 2.05) is 19.0 Å². The van der Waals surface area contributed by atoms with Crippen LogP contribution in [0.15, 0.2) is 60.4 Å². The summed E-state index contributed by atoms with van der Waals surface area (Å²) < 4.78 is 44.0. The molecule has 1 heterocycles. The Balaban J connectivity index is 1.87. The number of hydrogen-bond donors (Lipinski definition) is 1. The van der Waals surface area contributed by atoms with E-state index in [9.17, 15) is 17.6 Å². The monoisotopic (exact) mass is 418 g/mol. The third kappa shape index (κ3) is 4.83. The molecule has 1 amide bonds. The number of nitrogens with one attached hydrogen (secondary N) is 1. The Kier molecular flexibility index (Phi) is 6.34. The zero-order chi connectivity index (χ0) is 21.0. The first kappa shape index (κ1) is 21.0. The lowest BCUT2D eigenvalue weighted by Gasteiger charge is -2.26. The molecule has 0 unspecified atom stereocenters. The highest BCUT2D eigenvalue weighted by molar-refractivity contribution is 8.00. The van der Waals surface area contributed by atoms with Crippen LogP contribution in [-0.2, 0) is 19.4 Å². The molecule has 0 fully saturated rings. The summed E-state index contributed by atoms with van der Waals surface area (Å²) in [5.41, 5.74) is 1.24. The van der Waals surface area contributed by atoms with E-state index in [1.165, 1.54) is 12.1 Å². The SMILES string of the molecule is CN(C)[C@@H](CNC(=O)C1=C(c2ccccc2)S(=O)(=O)CCO1)c1ccc(F)cc1. The summed E-state index contributed by atoms with van der Waals surface area (Å²) in [6, 6.07) is 14.3. The third-order valence-electron chi connectivity index (χ3n) is 4.69. The largest absolute Gasteiger partial charge is 0.486 e. The van der Waals surface area contributed by atoms with Crippen LogP contribution in [0.5, 0.6) is 0 Å². The fourth-order valence-electron chi connectivity index (χ4n) is 3.18. The van der Waals surface area contributed by atoms with Crippen molar-refractivity contribution in [2.45, 2.75) is 6.04 Å². The molecule has 8 heteroatoms. The summed E-state index contributed by atoms with van der Waals surface area (Å²) in [7, 11) is 0.0464. The summed E-state index contributed by atoms with van der Waals surface area (Å²) in [6.07, 6.45) is 0. The molecule has 1 atom stereocenters. The highest BCUT2D eigenvalue weighted by Crippen LogP contribution is 2.30. The van der Waals surface area contributed by atoms with Crippen LogP contribution in [0.3, 0.4) is 0 Å². The minimum Gasteiger partial charge on any atom is -0.486 e. The number of sulfone groups is 1. The van der Waals surface area contributed by atoms with Crippen LogP contribution < -0.4 is 5.32 Å². The lowest BCUT2D eigenvalue weighted by molar-refractivity contribution is -0.121. The number of carbonyl (C=O) groups is 1. The average molecular weight is 418 g/mol. The minimum absolute atomic E-state index is 0.0729. The second kappa shape index (κ2) is 8.75. The number of carbonyl (C=O) groups excluding carboxylic acids is 1. The Labute approximate surface area is 169 Å². The number of hydrogen-bond acceptors (Lipinski definition) is 5. The predicted molar refractivity (Wildman–Crippen MR) is 109 cm³/mol. The van der Waals surface area contributed by atoms with Crippen LogP contribution in [0.25, 0.3) is 4.91 Å². The molecule has 1 N–H and O–H groups in total. The molecule has 0 aromatic heterocycles. The van der Waals surface area contributed by atoms with Gasteiger partial charge in [-0.2, -0.15) is 0 Å². The van der Waals surface area contributed by atoms with E-state index in [0.29, 0.717) is 5.56 Å². The number of nitrogens with zero attached hydrogens (tertiary/aromatic N) is 1. The van der Waals surface area contributed by atoms with Crippen molar-refractivity contribution in [2.75, 3.05) is 33.0 Å². The first-order chi connectivity index (χ1) is 13.8. The second-order valence-electron chi connectivity index (χ2n) is 6.93. The van der Waals surface area contributed by atoms with Crippen LogP contribution >= 0.6 is 0 Å². The highest BCUT2D eigenvalue weighted by atomic mass is 32.2. The molecule has 1 aliphatic heterocycles. The van der Waals surface area contributed by atoms with Gasteiger partial charge in [-0.1, -0.05) is 42.5 Å². The molecular formula is C21H23FN2O4S. The minimum atomic E-state index is -3.64. The van der Waals surface area contributed by atoms with E-state index in [0.717, 1.165) is 5.56 Å². The van der Waals surface area contributed by atoms with Gasteiger partial charge in [-0.25, -0.2) is 12.8 Å². The fraction of sp³-hybridized carbons (Fsp3) is 0.286. The highest BCUT2D eigenvalue weighted by Gasteiger charge is 2.33. The van der Waals surface area contributed by atoms with Crippen LogP contribution in [0.1, 0.15) is 17.2 Å². The van der Waals surface area contributed by atoms with Gasteiger partial charge in [0.1, 0.15) is 17.3 Å². The second-order valence-corrected chi connectivity index (χ2v) is 8.98. The van der Waals surface area contributed by atoms with Crippen molar-refractivity contribution >= 4 is 20.6 Å². The van der Waals surface area contributed by atoms with E-state index in [1.54, 1.807) is 42.5 Å². The molecule has 3 rings (SSSR count). The molecule has 2 aromatic carbocycles. The predicted octanol–water partition coefficient (Wildman–Crippen LogP) is 2.36. The maximum atomic E-state index is 13.2. The van der Waals surface area contributed by atoms with Crippen molar-refractivity contribution in [3.8, 4) is 0 Å². The number of likely N-dealkylation sites (N-methyl/N-ethyl adjacent to an activating group) is 1. The number of amides is 1. The summed E-state index contributed by atoms with van der Waals surface area (Å²) in [5.74, 6) is -1.31. The first-order valence-electron chi connectivity index (χ1n) is 9.15.